The average molecular weight is 435 g/mol. The smallest absolute Gasteiger partial charge is 0.146 e. The Bertz CT molecular complexity index is 748. The van der Waals surface area contributed by atoms with Crippen molar-refractivity contribution in [2.24, 2.45) is 0 Å². The van der Waals surface area contributed by atoms with Gasteiger partial charge in [-0.15, -0.1) is 22.2 Å². The molecule has 0 amide bonds. The van der Waals surface area contributed by atoms with E-state index in [2.05, 4.69) is 72.8 Å². The first-order chi connectivity index (χ1) is 12.5. The maximum absolute atomic E-state index is 5.81. The Balaban J connectivity index is 0.000000242. The van der Waals surface area contributed by atoms with E-state index in [-0.39, 0.29) is 19.2 Å². The van der Waals surface area contributed by atoms with Crippen LogP contribution in [-0.4, -0.2) is 6.69 Å². The van der Waals surface area contributed by atoms with E-state index in [9.17, 15) is 0 Å². The predicted octanol–water partition coefficient (Wildman–Crippen LogP) is 7.55. The molecule has 0 spiro atoms. The second-order valence-electron chi connectivity index (χ2n) is 6.66. The second-order valence-corrected chi connectivity index (χ2v) is 17.2. The van der Waals surface area contributed by atoms with Crippen molar-refractivity contribution >= 4 is 41.0 Å². The van der Waals surface area contributed by atoms with Gasteiger partial charge in [0, 0.05) is 0 Å². The molecule has 2 aromatic carbocycles. The summed E-state index contributed by atoms with van der Waals surface area (Å²) in [6.45, 7) is 2.37. The molecule has 4 rings (SSSR count). The molecular formula is C22H24Cl2SiTi. The standard InChI is InChI=1S/2C9H7.C4H10Cl2Si.Ti/c2*1-2-5-9-7-3-6-8(9)4-1;1-3-7(5,6)4-2;/h2*1-7H;3-4H2,1-2H3;. The maximum Gasteiger partial charge on any atom is 0.250 e. The van der Waals surface area contributed by atoms with Gasteiger partial charge in [-0.1, -0.05) is 13.8 Å². The zero-order valence-electron chi connectivity index (χ0n) is 15.3. The molecule has 26 heavy (non-hydrogen) atoms. The van der Waals surface area contributed by atoms with Gasteiger partial charge < -0.3 is 0 Å². The Morgan fingerprint density at radius 2 is 1.19 bits per heavy atom. The molecule has 0 aliphatic heterocycles. The fourth-order valence-corrected chi connectivity index (χ4v) is 6.37. The molecule has 134 valence electrons. The molecule has 4 heteroatoms. The molecule has 2 aromatic rings. The zero-order valence-corrected chi connectivity index (χ0v) is 19.3. The molecule has 0 bridgehead atoms. The molecule has 0 radical (unpaired) electrons. The topological polar surface area (TPSA) is 0 Å². The van der Waals surface area contributed by atoms with Crippen molar-refractivity contribution in [2.45, 2.75) is 34.4 Å². The molecular weight excluding hydrogens is 411 g/mol. The summed E-state index contributed by atoms with van der Waals surface area (Å²) in [6.07, 6.45) is 9.43. The van der Waals surface area contributed by atoms with Crippen molar-refractivity contribution in [1.29, 1.82) is 0 Å². The van der Waals surface area contributed by atoms with Crippen LogP contribution in [-0.2, 0) is 19.2 Å². The summed E-state index contributed by atoms with van der Waals surface area (Å²) in [7, 11) is 0. The number of halogens is 2. The number of benzene rings is 2. The van der Waals surface area contributed by atoms with Crippen LogP contribution in [0.5, 0.6) is 0 Å². The van der Waals surface area contributed by atoms with Crippen LogP contribution in [0.2, 0.25) is 12.1 Å². The Kier molecular flexibility index (Phi) is 7.05. The summed E-state index contributed by atoms with van der Waals surface area (Å²) in [5.41, 5.74) is 5.93. The Hall–Kier alpha value is -0.569. The molecule has 0 heterocycles. The Labute approximate surface area is 176 Å². The van der Waals surface area contributed by atoms with Crippen LogP contribution >= 0.6 is 22.2 Å². The summed E-state index contributed by atoms with van der Waals surface area (Å²) >= 11 is 11.5. The molecule has 2 aliphatic carbocycles. The summed E-state index contributed by atoms with van der Waals surface area (Å²) < 4.78 is 1.38. The molecule has 0 fully saturated rings. The van der Waals surface area contributed by atoms with Gasteiger partial charge in [-0.3, -0.25) is 0 Å². The number of rotatable bonds is 4. The maximum atomic E-state index is 5.81. The van der Waals surface area contributed by atoms with Crippen LogP contribution in [0.3, 0.4) is 0 Å². The number of hydrogen-bond donors (Lipinski definition) is 0. The minimum absolute atomic E-state index is 0.0859. The summed E-state index contributed by atoms with van der Waals surface area (Å²) in [5.74, 6) is 0. The molecule has 2 atom stereocenters. The third-order valence-electron chi connectivity index (χ3n) is 4.99. The molecule has 2 aliphatic rings. The van der Waals surface area contributed by atoms with Crippen LogP contribution in [0.4, 0.5) is 0 Å². The molecule has 0 aromatic heterocycles. The molecule has 0 saturated carbocycles. The van der Waals surface area contributed by atoms with Crippen LogP contribution in [0, 0.1) is 0 Å². The van der Waals surface area contributed by atoms with E-state index in [4.69, 9.17) is 22.2 Å². The Morgan fingerprint density at radius 1 is 0.769 bits per heavy atom. The number of hydrogen-bond acceptors (Lipinski definition) is 0. The minimum Gasteiger partial charge on any atom is -0.146 e. The van der Waals surface area contributed by atoms with Crippen LogP contribution < -0.4 is 0 Å². The van der Waals surface area contributed by atoms with E-state index >= 15 is 0 Å². The van der Waals surface area contributed by atoms with Gasteiger partial charge in [0.25, 0.3) is 6.69 Å². The Morgan fingerprint density at radius 3 is 1.58 bits per heavy atom. The van der Waals surface area contributed by atoms with Crippen molar-refractivity contribution in [2.75, 3.05) is 0 Å². The van der Waals surface area contributed by atoms with E-state index < -0.39 is 6.69 Å². The molecule has 0 saturated heterocycles. The van der Waals surface area contributed by atoms with Gasteiger partial charge in [0.1, 0.15) is 0 Å². The van der Waals surface area contributed by atoms with Crippen molar-refractivity contribution in [3.63, 3.8) is 0 Å². The van der Waals surface area contributed by atoms with Gasteiger partial charge in [0.05, 0.1) is 0 Å². The fraction of sp³-hybridized carbons (Fsp3) is 0.273. The van der Waals surface area contributed by atoms with E-state index in [1.165, 1.54) is 11.1 Å². The average Bonchev–Trinajstić information content (AvgIpc) is 3.28. The second kappa shape index (κ2) is 9.08. The van der Waals surface area contributed by atoms with E-state index in [0.29, 0.717) is 8.45 Å². The summed E-state index contributed by atoms with van der Waals surface area (Å²) in [5, 5.41) is 0. The number of fused-ring (bicyclic) bond motifs is 2. The summed E-state index contributed by atoms with van der Waals surface area (Å²) in [6, 6.07) is 19.6. The van der Waals surface area contributed by atoms with Crippen molar-refractivity contribution < 1.29 is 19.2 Å². The van der Waals surface area contributed by atoms with Crippen LogP contribution in [0.15, 0.2) is 60.7 Å². The first-order valence-electron chi connectivity index (χ1n) is 9.22. The molecule has 0 nitrogen and oxygen atoms in total. The summed E-state index contributed by atoms with van der Waals surface area (Å²) in [4.78, 5) is 0. The van der Waals surface area contributed by atoms with Gasteiger partial charge >= 0.3 is 123 Å². The van der Waals surface area contributed by atoms with Gasteiger partial charge in [-0.2, -0.15) is 0 Å². The first kappa shape index (κ1) is 20.2. The van der Waals surface area contributed by atoms with Crippen molar-refractivity contribution in [1.82, 2.24) is 0 Å². The SMILES string of the molecule is C1=C[CH]([Ti][CH]2C=Cc3ccccc32)c2ccccc21.CC[Si](Cl)(Cl)CC. The molecule has 0 N–H and O–H groups in total. The predicted molar refractivity (Wildman–Crippen MR) is 115 cm³/mol. The van der Waals surface area contributed by atoms with Gasteiger partial charge in [0.15, 0.2) is 0 Å². The van der Waals surface area contributed by atoms with Crippen LogP contribution in [0.25, 0.3) is 12.2 Å². The van der Waals surface area contributed by atoms with E-state index in [1.807, 2.05) is 13.8 Å². The van der Waals surface area contributed by atoms with Gasteiger partial charge in [-0.05, 0) is 12.1 Å². The third-order valence-corrected chi connectivity index (χ3v) is 13.0. The quantitative estimate of drug-likeness (QED) is 0.344. The van der Waals surface area contributed by atoms with E-state index in [1.54, 1.807) is 11.1 Å². The fourth-order valence-electron chi connectivity index (χ4n) is 3.23. The number of allylic oxidation sites excluding steroid dienone is 2. The zero-order chi connectivity index (χ0) is 18.6. The normalized spacial score (nSPS) is 19.5. The third kappa shape index (κ3) is 4.82. The first-order valence-corrected chi connectivity index (χ1v) is 15.5. The monoisotopic (exact) mass is 434 g/mol. The van der Waals surface area contributed by atoms with Crippen molar-refractivity contribution in [3.8, 4) is 0 Å². The molecule has 2 unspecified atom stereocenters. The van der Waals surface area contributed by atoms with E-state index in [0.717, 1.165) is 12.1 Å². The van der Waals surface area contributed by atoms with Crippen molar-refractivity contribution in [3.05, 3.63) is 82.9 Å². The van der Waals surface area contributed by atoms with Gasteiger partial charge in [-0.25, -0.2) is 0 Å². The largest absolute Gasteiger partial charge is 0.250 e. The minimum atomic E-state index is -1.71. The van der Waals surface area contributed by atoms with Crippen LogP contribution in [0.1, 0.15) is 44.5 Å². The van der Waals surface area contributed by atoms with Gasteiger partial charge in [0.2, 0.25) is 0 Å².